The number of carboxylic acid groups (broad SMARTS) is 1. The lowest BCUT2D eigenvalue weighted by molar-refractivity contribution is -0.132. The maximum atomic E-state index is 10.7. The van der Waals surface area contributed by atoms with Gasteiger partial charge < -0.3 is 5.11 Å². The Morgan fingerprint density at radius 3 is 2.20 bits per heavy atom. The van der Waals surface area contributed by atoms with Crippen LogP contribution in [0.15, 0.2) is 29.8 Å². The summed E-state index contributed by atoms with van der Waals surface area (Å²) in [6.45, 7) is 3.32. The highest BCUT2D eigenvalue weighted by molar-refractivity contribution is 5.95. The van der Waals surface area contributed by atoms with Crippen molar-refractivity contribution in [2.24, 2.45) is 0 Å². The molecule has 1 N–H and O–H groups in total. The maximum Gasteiger partial charge on any atom is 0.331 e. The highest BCUT2D eigenvalue weighted by atomic mass is 16.4. The molecule has 0 atom stereocenters. The van der Waals surface area contributed by atoms with Crippen LogP contribution in [0, 0.1) is 11.3 Å². The van der Waals surface area contributed by atoms with Crippen LogP contribution in [0.25, 0.3) is 5.57 Å². The Hall–Kier alpha value is -2.08. The van der Waals surface area contributed by atoms with Gasteiger partial charge in [-0.15, -0.1) is 0 Å². The topological polar surface area (TPSA) is 61.1 Å². The highest BCUT2D eigenvalue weighted by Crippen LogP contribution is 2.18. The quantitative estimate of drug-likeness (QED) is 0.747. The molecule has 15 heavy (non-hydrogen) atoms. The predicted molar refractivity (Wildman–Crippen MR) is 57.1 cm³/mol. The molecule has 3 heteroatoms. The molecule has 0 aliphatic heterocycles. The van der Waals surface area contributed by atoms with Crippen LogP contribution in [-0.4, -0.2) is 11.1 Å². The molecule has 0 fully saturated rings. The maximum absolute atomic E-state index is 10.7. The summed E-state index contributed by atoms with van der Waals surface area (Å²) in [6, 6.07) is 8.86. The van der Waals surface area contributed by atoms with Crippen molar-refractivity contribution in [1.82, 2.24) is 0 Å². The number of carbonyl (C=O) groups is 1. The van der Waals surface area contributed by atoms with Crippen molar-refractivity contribution in [2.45, 2.75) is 13.8 Å². The van der Waals surface area contributed by atoms with Crippen LogP contribution >= 0.6 is 0 Å². The number of hydrogen-bond donors (Lipinski definition) is 1. The fraction of sp³-hybridized carbons (Fsp3) is 0.167. The summed E-state index contributed by atoms with van der Waals surface area (Å²) in [7, 11) is 0. The molecule has 1 rings (SSSR count). The average molecular weight is 201 g/mol. The zero-order valence-corrected chi connectivity index (χ0v) is 8.61. The van der Waals surface area contributed by atoms with Gasteiger partial charge in [-0.2, -0.15) is 5.26 Å². The molecule has 0 aromatic heterocycles. The minimum Gasteiger partial charge on any atom is -0.478 e. The Labute approximate surface area is 88.3 Å². The number of carboxylic acids is 1. The van der Waals surface area contributed by atoms with E-state index in [0.717, 1.165) is 5.56 Å². The summed E-state index contributed by atoms with van der Waals surface area (Å²) < 4.78 is 0. The van der Waals surface area contributed by atoms with Crippen molar-refractivity contribution in [3.05, 3.63) is 41.0 Å². The molecule has 1 aromatic rings. The van der Waals surface area contributed by atoms with Gasteiger partial charge in [-0.1, -0.05) is 12.1 Å². The number of nitriles is 1. The number of nitrogens with zero attached hydrogens (tertiary/aromatic N) is 1. The molecule has 0 spiro atoms. The second kappa shape index (κ2) is 4.43. The first-order valence-electron chi connectivity index (χ1n) is 4.47. The molecule has 0 saturated carbocycles. The predicted octanol–water partition coefficient (Wildman–Crippen LogP) is 2.44. The van der Waals surface area contributed by atoms with Gasteiger partial charge in [0, 0.05) is 5.57 Å². The van der Waals surface area contributed by atoms with Gasteiger partial charge in [-0.3, -0.25) is 0 Å². The Bertz CT molecular complexity index is 450. The zero-order chi connectivity index (χ0) is 11.4. The number of rotatable bonds is 2. The van der Waals surface area contributed by atoms with E-state index < -0.39 is 5.97 Å². The molecule has 0 unspecified atom stereocenters. The number of aliphatic carboxylic acids is 1. The summed E-state index contributed by atoms with van der Waals surface area (Å²) >= 11 is 0. The minimum atomic E-state index is -0.920. The van der Waals surface area contributed by atoms with E-state index in [1.807, 2.05) is 6.07 Å². The van der Waals surface area contributed by atoms with E-state index in [1.165, 1.54) is 0 Å². The van der Waals surface area contributed by atoms with Crippen molar-refractivity contribution in [3.63, 3.8) is 0 Å². The van der Waals surface area contributed by atoms with E-state index in [9.17, 15) is 4.79 Å². The molecule has 0 amide bonds. The zero-order valence-electron chi connectivity index (χ0n) is 8.61. The third-order valence-electron chi connectivity index (χ3n) is 2.33. The van der Waals surface area contributed by atoms with Gasteiger partial charge >= 0.3 is 5.97 Å². The molecule has 0 heterocycles. The summed E-state index contributed by atoms with van der Waals surface area (Å²) in [5, 5.41) is 17.4. The van der Waals surface area contributed by atoms with Crippen LogP contribution in [0.2, 0.25) is 0 Å². The van der Waals surface area contributed by atoms with Gasteiger partial charge in [0.1, 0.15) is 0 Å². The van der Waals surface area contributed by atoms with E-state index in [1.54, 1.807) is 38.1 Å². The first-order chi connectivity index (χ1) is 7.06. The highest BCUT2D eigenvalue weighted by Gasteiger charge is 2.06. The van der Waals surface area contributed by atoms with Crippen LogP contribution in [0.4, 0.5) is 0 Å². The van der Waals surface area contributed by atoms with Crippen LogP contribution < -0.4 is 0 Å². The third-order valence-corrected chi connectivity index (χ3v) is 2.33. The Kier molecular flexibility index (Phi) is 3.25. The van der Waals surface area contributed by atoms with Gasteiger partial charge in [0.2, 0.25) is 0 Å². The monoisotopic (exact) mass is 201 g/mol. The molecule has 0 aliphatic rings. The normalized spacial score (nSPS) is 11.5. The van der Waals surface area contributed by atoms with Gasteiger partial charge in [0.05, 0.1) is 11.6 Å². The van der Waals surface area contributed by atoms with E-state index in [0.29, 0.717) is 16.7 Å². The van der Waals surface area contributed by atoms with Crippen LogP contribution in [-0.2, 0) is 4.79 Å². The lowest BCUT2D eigenvalue weighted by atomic mass is 10.0. The lowest BCUT2D eigenvalue weighted by Gasteiger charge is -2.04. The number of benzene rings is 1. The van der Waals surface area contributed by atoms with Crippen LogP contribution in [0.1, 0.15) is 25.0 Å². The Morgan fingerprint density at radius 1 is 1.27 bits per heavy atom. The standard InChI is InChI=1S/C12H11NO2/c1-8(9(2)12(14)15)11-5-3-10(7-13)4-6-11/h3-6H,1-2H3,(H,14,15)/b9-8+. The fourth-order valence-electron chi connectivity index (χ4n) is 1.17. The summed E-state index contributed by atoms with van der Waals surface area (Å²) in [4.78, 5) is 10.7. The van der Waals surface area contributed by atoms with Gasteiger partial charge in [0.25, 0.3) is 0 Å². The fourth-order valence-corrected chi connectivity index (χ4v) is 1.17. The molecule has 1 aromatic carbocycles. The molecule has 0 saturated heterocycles. The van der Waals surface area contributed by atoms with Crippen molar-refractivity contribution >= 4 is 11.5 Å². The van der Waals surface area contributed by atoms with E-state index >= 15 is 0 Å². The largest absolute Gasteiger partial charge is 0.478 e. The summed E-state index contributed by atoms with van der Waals surface area (Å²) in [5.74, 6) is -0.920. The molecule has 0 bridgehead atoms. The third kappa shape index (κ3) is 2.44. The Morgan fingerprint density at radius 2 is 1.80 bits per heavy atom. The molecule has 0 aliphatic carbocycles. The molecule has 3 nitrogen and oxygen atoms in total. The van der Waals surface area contributed by atoms with E-state index in [2.05, 4.69) is 0 Å². The minimum absolute atomic E-state index is 0.319. The number of hydrogen-bond acceptors (Lipinski definition) is 2. The molecule has 76 valence electrons. The Balaban J connectivity index is 3.13. The van der Waals surface area contributed by atoms with Crippen molar-refractivity contribution in [1.29, 1.82) is 5.26 Å². The van der Waals surface area contributed by atoms with Gasteiger partial charge in [-0.25, -0.2) is 4.79 Å². The first kappa shape index (κ1) is 11.0. The van der Waals surface area contributed by atoms with E-state index in [-0.39, 0.29) is 0 Å². The summed E-state index contributed by atoms with van der Waals surface area (Å²) in [5.41, 5.74) is 2.43. The SMILES string of the molecule is C/C(C(=O)O)=C(/C)c1ccc(C#N)cc1. The molecular formula is C12H11NO2. The van der Waals surface area contributed by atoms with Crippen molar-refractivity contribution < 1.29 is 9.90 Å². The van der Waals surface area contributed by atoms with Gasteiger partial charge in [0.15, 0.2) is 0 Å². The van der Waals surface area contributed by atoms with Crippen molar-refractivity contribution in [2.75, 3.05) is 0 Å². The van der Waals surface area contributed by atoms with Crippen LogP contribution in [0.5, 0.6) is 0 Å². The smallest absolute Gasteiger partial charge is 0.331 e. The second-order valence-electron chi connectivity index (χ2n) is 3.24. The second-order valence-corrected chi connectivity index (χ2v) is 3.24. The van der Waals surface area contributed by atoms with E-state index in [4.69, 9.17) is 10.4 Å². The van der Waals surface area contributed by atoms with Crippen LogP contribution in [0.3, 0.4) is 0 Å². The summed E-state index contributed by atoms with van der Waals surface area (Å²) in [6.07, 6.45) is 0. The van der Waals surface area contributed by atoms with Gasteiger partial charge in [-0.05, 0) is 37.1 Å². The number of allylic oxidation sites excluding steroid dienone is 1. The average Bonchev–Trinajstić information content (AvgIpc) is 2.27. The molecular weight excluding hydrogens is 190 g/mol. The first-order valence-corrected chi connectivity index (χ1v) is 4.47. The van der Waals surface area contributed by atoms with Crippen molar-refractivity contribution in [3.8, 4) is 6.07 Å². The lowest BCUT2D eigenvalue weighted by Crippen LogP contribution is -1.99. The molecule has 0 radical (unpaired) electrons.